The molecule has 0 spiro atoms. The van der Waals surface area contributed by atoms with E-state index < -0.39 is 0 Å². The molecule has 1 unspecified atom stereocenters. The Labute approximate surface area is 88.5 Å². The van der Waals surface area contributed by atoms with Crippen molar-refractivity contribution in [3.05, 3.63) is 29.3 Å². The first kappa shape index (κ1) is 9.53. The molecule has 0 N–H and O–H groups in total. The lowest BCUT2D eigenvalue weighted by molar-refractivity contribution is -0.110. The Balaban J connectivity index is 2.09. The zero-order valence-electron chi connectivity index (χ0n) is 7.82. The first-order valence-corrected chi connectivity index (χ1v) is 5.13. The van der Waals surface area contributed by atoms with Gasteiger partial charge < -0.3 is 9.69 Å². The van der Waals surface area contributed by atoms with E-state index in [4.69, 9.17) is 11.6 Å². The predicted octanol–water partition coefficient (Wildman–Crippen LogP) is 2.37. The third-order valence-corrected chi connectivity index (χ3v) is 2.86. The van der Waals surface area contributed by atoms with E-state index in [0.29, 0.717) is 0 Å². The summed E-state index contributed by atoms with van der Waals surface area (Å²) in [7, 11) is 0. The topological polar surface area (TPSA) is 20.3 Å². The van der Waals surface area contributed by atoms with E-state index in [9.17, 15) is 4.79 Å². The zero-order valence-corrected chi connectivity index (χ0v) is 8.57. The predicted molar refractivity (Wildman–Crippen MR) is 57.8 cm³/mol. The lowest BCUT2D eigenvalue weighted by atomic mass is 10.1. The highest BCUT2D eigenvalue weighted by Crippen LogP contribution is 2.23. The van der Waals surface area contributed by atoms with Gasteiger partial charge in [-0.1, -0.05) is 11.6 Å². The number of rotatable bonds is 2. The minimum atomic E-state index is 0.200. The number of carbonyl (C=O) groups is 1. The molecular formula is C11H12ClNO. The normalized spacial score (nSPS) is 21.2. The molecule has 1 aromatic rings. The van der Waals surface area contributed by atoms with Crippen LogP contribution in [0.5, 0.6) is 0 Å². The van der Waals surface area contributed by atoms with Gasteiger partial charge >= 0.3 is 0 Å². The molecule has 1 atom stereocenters. The standard InChI is InChI=1S/C11H12ClNO/c12-10-1-3-11(4-2-10)13-6-5-9(7-13)8-14/h1-4,8-9H,5-7H2. The van der Waals surface area contributed by atoms with Crippen molar-refractivity contribution >= 4 is 23.6 Å². The van der Waals surface area contributed by atoms with E-state index in [1.54, 1.807) is 0 Å². The Morgan fingerprint density at radius 1 is 1.36 bits per heavy atom. The Morgan fingerprint density at radius 2 is 2.07 bits per heavy atom. The van der Waals surface area contributed by atoms with Crippen LogP contribution < -0.4 is 4.90 Å². The number of carbonyl (C=O) groups excluding carboxylic acids is 1. The molecule has 1 fully saturated rings. The van der Waals surface area contributed by atoms with Crippen molar-refractivity contribution in [3.63, 3.8) is 0 Å². The maximum absolute atomic E-state index is 10.6. The van der Waals surface area contributed by atoms with Gasteiger partial charge in [0.1, 0.15) is 6.29 Å². The molecule has 14 heavy (non-hydrogen) atoms. The second-order valence-corrected chi connectivity index (χ2v) is 4.04. The number of hydrogen-bond acceptors (Lipinski definition) is 2. The summed E-state index contributed by atoms with van der Waals surface area (Å²) in [5.74, 6) is 0.200. The molecule has 1 aliphatic heterocycles. The van der Waals surface area contributed by atoms with Gasteiger partial charge in [0, 0.05) is 29.7 Å². The first-order valence-electron chi connectivity index (χ1n) is 4.75. The summed E-state index contributed by atoms with van der Waals surface area (Å²) in [5.41, 5.74) is 1.15. The van der Waals surface area contributed by atoms with Crippen molar-refractivity contribution in [2.24, 2.45) is 5.92 Å². The number of nitrogens with zero attached hydrogens (tertiary/aromatic N) is 1. The number of anilines is 1. The van der Waals surface area contributed by atoms with Crippen LogP contribution in [0.1, 0.15) is 6.42 Å². The van der Waals surface area contributed by atoms with Crippen LogP contribution in [0.4, 0.5) is 5.69 Å². The molecule has 0 bridgehead atoms. The quantitative estimate of drug-likeness (QED) is 0.697. The van der Waals surface area contributed by atoms with Crippen LogP contribution in [-0.2, 0) is 4.79 Å². The van der Waals surface area contributed by atoms with Gasteiger partial charge in [-0.2, -0.15) is 0 Å². The molecule has 1 aromatic carbocycles. The van der Waals surface area contributed by atoms with Crippen molar-refractivity contribution in [1.82, 2.24) is 0 Å². The number of aldehydes is 1. The smallest absolute Gasteiger partial charge is 0.124 e. The number of benzene rings is 1. The largest absolute Gasteiger partial charge is 0.371 e. The Bertz CT molecular complexity index is 323. The molecule has 2 rings (SSSR count). The van der Waals surface area contributed by atoms with E-state index in [-0.39, 0.29) is 5.92 Å². The average Bonchev–Trinajstić information content (AvgIpc) is 2.67. The minimum absolute atomic E-state index is 0.200. The fraction of sp³-hybridized carbons (Fsp3) is 0.364. The van der Waals surface area contributed by atoms with Gasteiger partial charge in [0.05, 0.1) is 0 Å². The van der Waals surface area contributed by atoms with Crippen LogP contribution in [0, 0.1) is 5.92 Å². The van der Waals surface area contributed by atoms with Gasteiger partial charge in [-0.15, -0.1) is 0 Å². The average molecular weight is 210 g/mol. The SMILES string of the molecule is O=CC1CCN(c2ccc(Cl)cc2)C1. The second kappa shape index (κ2) is 4.01. The molecule has 1 heterocycles. The van der Waals surface area contributed by atoms with E-state index in [1.807, 2.05) is 24.3 Å². The first-order chi connectivity index (χ1) is 6.79. The van der Waals surface area contributed by atoms with Crippen LogP contribution in [0.15, 0.2) is 24.3 Å². The third kappa shape index (κ3) is 1.90. The summed E-state index contributed by atoms with van der Waals surface area (Å²) in [6.45, 7) is 1.80. The Morgan fingerprint density at radius 3 is 2.64 bits per heavy atom. The number of halogens is 1. The van der Waals surface area contributed by atoms with Crippen LogP contribution in [0.2, 0.25) is 5.02 Å². The van der Waals surface area contributed by atoms with Gasteiger partial charge in [-0.05, 0) is 30.7 Å². The van der Waals surface area contributed by atoms with Gasteiger partial charge in [0.2, 0.25) is 0 Å². The van der Waals surface area contributed by atoms with Crippen molar-refractivity contribution in [3.8, 4) is 0 Å². The molecule has 1 aliphatic rings. The fourth-order valence-electron chi connectivity index (χ4n) is 1.78. The van der Waals surface area contributed by atoms with Crippen molar-refractivity contribution in [2.75, 3.05) is 18.0 Å². The molecule has 74 valence electrons. The maximum Gasteiger partial charge on any atom is 0.124 e. The van der Waals surface area contributed by atoms with Crippen LogP contribution >= 0.6 is 11.6 Å². The molecule has 1 saturated heterocycles. The highest BCUT2D eigenvalue weighted by Gasteiger charge is 2.21. The van der Waals surface area contributed by atoms with E-state index in [2.05, 4.69) is 4.90 Å². The summed E-state index contributed by atoms with van der Waals surface area (Å²) in [6, 6.07) is 7.75. The summed E-state index contributed by atoms with van der Waals surface area (Å²) < 4.78 is 0. The molecule has 0 amide bonds. The summed E-state index contributed by atoms with van der Waals surface area (Å²) in [4.78, 5) is 12.8. The third-order valence-electron chi connectivity index (χ3n) is 2.61. The monoisotopic (exact) mass is 209 g/mol. The highest BCUT2D eigenvalue weighted by molar-refractivity contribution is 6.30. The van der Waals surface area contributed by atoms with Crippen LogP contribution in [0.3, 0.4) is 0 Å². The Kier molecular flexibility index (Phi) is 2.73. The van der Waals surface area contributed by atoms with Crippen LogP contribution in [-0.4, -0.2) is 19.4 Å². The lowest BCUT2D eigenvalue weighted by Gasteiger charge is -2.17. The molecule has 0 aromatic heterocycles. The van der Waals surface area contributed by atoms with Crippen molar-refractivity contribution in [2.45, 2.75) is 6.42 Å². The molecule has 2 nitrogen and oxygen atoms in total. The van der Waals surface area contributed by atoms with E-state index in [1.165, 1.54) is 0 Å². The van der Waals surface area contributed by atoms with Crippen molar-refractivity contribution < 1.29 is 4.79 Å². The van der Waals surface area contributed by atoms with Gasteiger partial charge in [-0.25, -0.2) is 0 Å². The number of hydrogen-bond donors (Lipinski definition) is 0. The van der Waals surface area contributed by atoms with Crippen LogP contribution in [0.25, 0.3) is 0 Å². The molecule has 0 aliphatic carbocycles. The van der Waals surface area contributed by atoms with Gasteiger partial charge in [0.25, 0.3) is 0 Å². The molecule has 3 heteroatoms. The summed E-state index contributed by atoms with van der Waals surface area (Å²) in [5, 5.41) is 0.750. The molecule has 0 radical (unpaired) electrons. The van der Waals surface area contributed by atoms with Gasteiger partial charge in [0.15, 0.2) is 0 Å². The molecule has 0 saturated carbocycles. The highest BCUT2D eigenvalue weighted by atomic mass is 35.5. The van der Waals surface area contributed by atoms with Gasteiger partial charge in [-0.3, -0.25) is 0 Å². The fourth-order valence-corrected chi connectivity index (χ4v) is 1.91. The second-order valence-electron chi connectivity index (χ2n) is 3.61. The minimum Gasteiger partial charge on any atom is -0.371 e. The summed E-state index contributed by atoms with van der Waals surface area (Å²) >= 11 is 5.80. The lowest BCUT2D eigenvalue weighted by Crippen LogP contribution is -2.19. The van der Waals surface area contributed by atoms with Crippen molar-refractivity contribution in [1.29, 1.82) is 0 Å². The summed E-state index contributed by atoms with van der Waals surface area (Å²) in [6.07, 6.45) is 2.02. The molecular weight excluding hydrogens is 198 g/mol. The van der Waals surface area contributed by atoms with E-state index >= 15 is 0 Å². The Hall–Kier alpha value is -1.02. The maximum atomic E-state index is 10.6. The zero-order chi connectivity index (χ0) is 9.97. The van der Waals surface area contributed by atoms with E-state index in [0.717, 1.165) is 36.5 Å².